The predicted octanol–water partition coefficient (Wildman–Crippen LogP) is -2.16. The number of aliphatic hydroxyl groups is 1. The van der Waals surface area contributed by atoms with Crippen molar-refractivity contribution in [2.75, 3.05) is 6.54 Å². The number of nitrogens with one attached hydrogen (secondary N) is 3. The molecule has 0 saturated carbocycles. The molecule has 1 heterocycles. The number of aromatic nitrogens is 2. The molecule has 1 aromatic rings. The fraction of sp³-hybridized carbons (Fsp3) is 0.625. The Kier molecular flexibility index (Phi) is 9.40. The fourth-order valence-electron chi connectivity index (χ4n) is 2.39. The van der Waals surface area contributed by atoms with Crippen LogP contribution >= 0.6 is 0 Å². The molecule has 0 radical (unpaired) electrons. The van der Waals surface area contributed by atoms with E-state index in [4.69, 9.17) is 16.6 Å². The molecule has 0 fully saturated rings. The van der Waals surface area contributed by atoms with Gasteiger partial charge in [-0.15, -0.1) is 0 Å². The standard InChI is InChI=1S/C16H28N6O5/c1-9(23)13(16(26)27)22-15(25)12(6-10-7-19-8-20-10)21-14(24)11(18)4-2-3-5-17/h7-9,11-13,23H,2-6,17-18H2,1H3,(H,19,20)(H,21,24)(H,22,25)(H,26,27)/t9-,11+,12+,13+/m1/s1. The van der Waals surface area contributed by atoms with Gasteiger partial charge in [-0.3, -0.25) is 9.59 Å². The van der Waals surface area contributed by atoms with E-state index in [0.29, 0.717) is 25.1 Å². The minimum Gasteiger partial charge on any atom is -0.480 e. The zero-order valence-corrected chi connectivity index (χ0v) is 15.2. The maximum Gasteiger partial charge on any atom is 0.328 e. The van der Waals surface area contributed by atoms with Crippen LogP contribution in [0.1, 0.15) is 31.9 Å². The number of hydrogen-bond acceptors (Lipinski definition) is 7. The summed E-state index contributed by atoms with van der Waals surface area (Å²) in [6.07, 6.45) is 3.46. The second-order valence-corrected chi connectivity index (χ2v) is 6.30. The van der Waals surface area contributed by atoms with Gasteiger partial charge < -0.3 is 37.3 Å². The van der Waals surface area contributed by atoms with E-state index in [0.717, 1.165) is 6.42 Å². The maximum atomic E-state index is 12.5. The largest absolute Gasteiger partial charge is 0.480 e. The van der Waals surface area contributed by atoms with Gasteiger partial charge >= 0.3 is 5.97 Å². The Morgan fingerprint density at radius 1 is 1.26 bits per heavy atom. The lowest BCUT2D eigenvalue weighted by Crippen LogP contribution is -2.57. The molecule has 27 heavy (non-hydrogen) atoms. The van der Waals surface area contributed by atoms with Crippen molar-refractivity contribution >= 4 is 17.8 Å². The number of carbonyl (C=O) groups is 3. The van der Waals surface area contributed by atoms with Crippen molar-refractivity contribution in [3.63, 3.8) is 0 Å². The van der Waals surface area contributed by atoms with Gasteiger partial charge in [-0.1, -0.05) is 6.42 Å². The zero-order chi connectivity index (χ0) is 20.4. The monoisotopic (exact) mass is 384 g/mol. The van der Waals surface area contributed by atoms with E-state index in [1.54, 1.807) is 0 Å². The number of aliphatic carboxylic acids is 1. The number of amides is 2. The van der Waals surface area contributed by atoms with E-state index in [9.17, 15) is 19.5 Å². The van der Waals surface area contributed by atoms with Crippen LogP contribution in [0.3, 0.4) is 0 Å². The zero-order valence-electron chi connectivity index (χ0n) is 15.2. The Morgan fingerprint density at radius 3 is 2.48 bits per heavy atom. The van der Waals surface area contributed by atoms with Gasteiger partial charge in [-0.2, -0.15) is 0 Å². The Labute approximate surface area is 156 Å². The number of hydrogen-bond donors (Lipinski definition) is 7. The summed E-state index contributed by atoms with van der Waals surface area (Å²) in [5, 5.41) is 23.4. The summed E-state index contributed by atoms with van der Waals surface area (Å²) in [5.41, 5.74) is 11.8. The quantitative estimate of drug-likeness (QED) is 0.198. The molecule has 9 N–H and O–H groups in total. The number of H-pyrrole nitrogens is 1. The first-order valence-corrected chi connectivity index (χ1v) is 8.70. The van der Waals surface area contributed by atoms with Crippen molar-refractivity contribution in [3.05, 3.63) is 18.2 Å². The highest BCUT2D eigenvalue weighted by molar-refractivity contribution is 5.92. The van der Waals surface area contributed by atoms with Crippen molar-refractivity contribution < 1.29 is 24.6 Å². The first-order chi connectivity index (χ1) is 12.8. The van der Waals surface area contributed by atoms with Gasteiger partial charge in [0.2, 0.25) is 11.8 Å². The molecule has 152 valence electrons. The lowest BCUT2D eigenvalue weighted by molar-refractivity contribution is -0.145. The normalized spacial score (nSPS) is 15.4. The Hall–Kier alpha value is -2.50. The molecule has 1 aromatic heterocycles. The number of rotatable bonds is 12. The summed E-state index contributed by atoms with van der Waals surface area (Å²) >= 11 is 0. The highest BCUT2D eigenvalue weighted by Gasteiger charge is 2.30. The van der Waals surface area contributed by atoms with Gasteiger partial charge in [0.15, 0.2) is 6.04 Å². The first-order valence-electron chi connectivity index (χ1n) is 8.70. The number of nitrogens with two attached hydrogens (primary N) is 2. The van der Waals surface area contributed by atoms with E-state index < -0.39 is 42.0 Å². The van der Waals surface area contributed by atoms with E-state index in [1.165, 1.54) is 19.4 Å². The highest BCUT2D eigenvalue weighted by atomic mass is 16.4. The third kappa shape index (κ3) is 7.72. The van der Waals surface area contributed by atoms with Gasteiger partial charge in [-0.25, -0.2) is 9.78 Å². The number of imidazole rings is 1. The van der Waals surface area contributed by atoms with Crippen molar-refractivity contribution in [2.24, 2.45) is 11.5 Å². The van der Waals surface area contributed by atoms with E-state index in [2.05, 4.69) is 20.6 Å². The highest BCUT2D eigenvalue weighted by Crippen LogP contribution is 2.04. The number of carbonyl (C=O) groups excluding carboxylic acids is 2. The lowest BCUT2D eigenvalue weighted by Gasteiger charge is -2.23. The summed E-state index contributed by atoms with van der Waals surface area (Å²) in [7, 11) is 0. The number of aliphatic hydroxyl groups excluding tert-OH is 1. The second kappa shape index (κ2) is 11.3. The van der Waals surface area contributed by atoms with Crippen molar-refractivity contribution in [1.82, 2.24) is 20.6 Å². The second-order valence-electron chi connectivity index (χ2n) is 6.30. The fourth-order valence-corrected chi connectivity index (χ4v) is 2.39. The first kappa shape index (κ1) is 22.5. The molecular formula is C16H28N6O5. The van der Waals surface area contributed by atoms with Crippen molar-refractivity contribution in [3.8, 4) is 0 Å². The van der Waals surface area contributed by atoms with Gasteiger partial charge in [-0.05, 0) is 26.3 Å². The number of carboxylic acid groups (broad SMARTS) is 1. The number of nitrogens with zero attached hydrogens (tertiary/aromatic N) is 1. The molecule has 0 unspecified atom stereocenters. The van der Waals surface area contributed by atoms with E-state index >= 15 is 0 Å². The van der Waals surface area contributed by atoms with Crippen LogP contribution in [0.15, 0.2) is 12.5 Å². The summed E-state index contributed by atoms with van der Waals surface area (Å²) in [5.74, 6) is -2.67. The van der Waals surface area contributed by atoms with Crippen LogP contribution in [0.5, 0.6) is 0 Å². The number of unbranched alkanes of at least 4 members (excludes halogenated alkanes) is 1. The van der Waals surface area contributed by atoms with E-state index in [1.807, 2.05) is 0 Å². The smallest absolute Gasteiger partial charge is 0.328 e. The van der Waals surface area contributed by atoms with Gasteiger partial charge in [0.1, 0.15) is 6.04 Å². The Bertz CT molecular complexity index is 606. The van der Waals surface area contributed by atoms with Crippen LogP contribution in [0, 0.1) is 0 Å². The summed E-state index contributed by atoms with van der Waals surface area (Å²) in [6.45, 7) is 1.74. The van der Waals surface area contributed by atoms with Crippen LogP contribution in [0.4, 0.5) is 0 Å². The molecule has 0 aliphatic carbocycles. The lowest BCUT2D eigenvalue weighted by atomic mass is 10.1. The molecule has 0 aliphatic heterocycles. The van der Waals surface area contributed by atoms with Crippen LogP contribution < -0.4 is 22.1 Å². The van der Waals surface area contributed by atoms with Crippen LogP contribution in [0.25, 0.3) is 0 Å². The van der Waals surface area contributed by atoms with Crippen molar-refractivity contribution in [1.29, 1.82) is 0 Å². The molecule has 1 rings (SSSR count). The summed E-state index contributed by atoms with van der Waals surface area (Å²) < 4.78 is 0. The molecule has 0 aromatic carbocycles. The Balaban J connectivity index is 2.81. The number of aromatic amines is 1. The average Bonchev–Trinajstić information content (AvgIpc) is 3.11. The molecular weight excluding hydrogens is 356 g/mol. The van der Waals surface area contributed by atoms with E-state index in [-0.39, 0.29) is 6.42 Å². The maximum absolute atomic E-state index is 12.5. The molecule has 0 aliphatic rings. The molecule has 11 nitrogen and oxygen atoms in total. The summed E-state index contributed by atoms with van der Waals surface area (Å²) in [4.78, 5) is 42.7. The molecule has 0 saturated heterocycles. The average molecular weight is 384 g/mol. The Morgan fingerprint density at radius 2 is 1.96 bits per heavy atom. The minimum atomic E-state index is -1.50. The molecule has 2 amide bonds. The third-order valence-corrected chi connectivity index (χ3v) is 3.96. The SMILES string of the molecule is C[C@@H](O)[C@H](NC(=O)[C@H](Cc1cnc[nH]1)NC(=O)[C@@H](N)CCCCN)C(=O)O. The van der Waals surface area contributed by atoms with Gasteiger partial charge in [0.05, 0.1) is 18.5 Å². The van der Waals surface area contributed by atoms with Crippen LogP contribution in [0.2, 0.25) is 0 Å². The third-order valence-electron chi connectivity index (χ3n) is 3.96. The van der Waals surface area contributed by atoms with Crippen LogP contribution in [-0.2, 0) is 20.8 Å². The van der Waals surface area contributed by atoms with Crippen LogP contribution in [-0.4, -0.2) is 68.7 Å². The van der Waals surface area contributed by atoms with Crippen molar-refractivity contribution in [2.45, 2.75) is 56.8 Å². The molecule has 0 bridgehead atoms. The van der Waals surface area contributed by atoms with Gasteiger partial charge in [0.25, 0.3) is 0 Å². The minimum absolute atomic E-state index is 0.0548. The molecule has 0 spiro atoms. The summed E-state index contributed by atoms with van der Waals surface area (Å²) in [6, 6.07) is -3.41. The molecule has 4 atom stereocenters. The molecule has 11 heteroatoms. The number of carboxylic acids is 1. The predicted molar refractivity (Wildman–Crippen MR) is 96.4 cm³/mol. The van der Waals surface area contributed by atoms with Gasteiger partial charge in [0, 0.05) is 18.3 Å². The topological polar surface area (TPSA) is 196 Å².